The Hall–Kier alpha value is -1.90. The van der Waals surface area contributed by atoms with Gasteiger partial charge in [-0.2, -0.15) is 0 Å². The molecule has 0 radical (unpaired) electrons. The summed E-state index contributed by atoms with van der Waals surface area (Å²) in [5.74, 6) is 5.06. The molecule has 1 aliphatic heterocycles. The van der Waals surface area contributed by atoms with Gasteiger partial charge in [0.25, 0.3) is 5.91 Å². The monoisotopic (exact) mass is 282 g/mol. The first kappa shape index (κ1) is 14.5. The second-order valence-corrected chi connectivity index (χ2v) is 4.41. The van der Waals surface area contributed by atoms with Crippen LogP contribution in [0.15, 0.2) is 16.7 Å². The summed E-state index contributed by atoms with van der Waals surface area (Å²) >= 11 is 0. The van der Waals surface area contributed by atoms with E-state index in [-0.39, 0.29) is 5.91 Å². The molecule has 8 heteroatoms. The summed E-state index contributed by atoms with van der Waals surface area (Å²) in [5.41, 5.74) is 2.44. The maximum Gasteiger partial charge on any atom is 0.268 e. The maximum absolute atomic E-state index is 11.8. The van der Waals surface area contributed by atoms with Crippen molar-refractivity contribution in [3.8, 4) is 0 Å². The molecule has 2 amide bonds. The van der Waals surface area contributed by atoms with Gasteiger partial charge in [-0.1, -0.05) is 0 Å². The number of nitrogens with zero attached hydrogens (tertiary/aromatic N) is 1. The van der Waals surface area contributed by atoms with Crippen molar-refractivity contribution in [2.45, 2.75) is 12.6 Å². The van der Waals surface area contributed by atoms with Gasteiger partial charge in [0.15, 0.2) is 0 Å². The van der Waals surface area contributed by atoms with Crippen LogP contribution in [0.1, 0.15) is 16.1 Å². The highest BCUT2D eigenvalue weighted by molar-refractivity contribution is 5.94. The highest BCUT2D eigenvalue weighted by Crippen LogP contribution is 2.17. The van der Waals surface area contributed by atoms with E-state index >= 15 is 0 Å². The molecule has 0 bridgehead atoms. The normalized spacial score (nSPS) is 19.6. The topological polar surface area (TPSA) is 110 Å². The Morgan fingerprint density at radius 1 is 1.55 bits per heavy atom. The molecule has 8 nitrogen and oxygen atoms in total. The van der Waals surface area contributed by atoms with E-state index in [0.29, 0.717) is 37.6 Å². The fourth-order valence-corrected chi connectivity index (χ4v) is 2.16. The van der Waals surface area contributed by atoms with Gasteiger partial charge in [0, 0.05) is 13.6 Å². The SMILES string of the molecule is CNC(=O)C1COCCN1Cc1occc1C(=O)NN. The highest BCUT2D eigenvalue weighted by atomic mass is 16.5. The second-order valence-electron chi connectivity index (χ2n) is 4.41. The van der Waals surface area contributed by atoms with Crippen LogP contribution in [0.3, 0.4) is 0 Å². The zero-order valence-electron chi connectivity index (χ0n) is 11.2. The average molecular weight is 282 g/mol. The number of nitrogens with two attached hydrogens (primary N) is 1. The summed E-state index contributed by atoms with van der Waals surface area (Å²) in [4.78, 5) is 25.3. The zero-order chi connectivity index (χ0) is 14.5. The first-order valence-electron chi connectivity index (χ1n) is 6.28. The molecule has 0 saturated carbocycles. The Bertz CT molecular complexity index is 488. The van der Waals surface area contributed by atoms with Gasteiger partial charge in [0.1, 0.15) is 11.8 Å². The maximum atomic E-state index is 11.8. The van der Waals surface area contributed by atoms with Gasteiger partial charge in [-0.25, -0.2) is 5.84 Å². The number of morpholine rings is 1. The molecule has 4 N–H and O–H groups in total. The Morgan fingerprint density at radius 2 is 2.35 bits per heavy atom. The third-order valence-electron chi connectivity index (χ3n) is 3.26. The van der Waals surface area contributed by atoms with E-state index in [1.807, 2.05) is 4.90 Å². The van der Waals surface area contributed by atoms with Crippen molar-refractivity contribution >= 4 is 11.8 Å². The van der Waals surface area contributed by atoms with E-state index in [1.54, 1.807) is 13.1 Å². The molecule has 0 aliphatic carbocycles. The summed E-state index contributed by atoms with van der Waals surface area (Å²) in [5, 5.41) is 2.60. The number of likely N-dealkylation sites (N-methyl/N-ethyl adjacent to an activating group) is 1. The van der Waals surface area contributed by atoms with Crippen LogP contribution in [0.2, 0.25) is 0 Å². The van der Waals surface area contributed by atoms with Crippen LogP contribution in [0, 0.1) is 0 Å². The zero-order valence-corrected chi connectivity index (χ0v) is 11.2. The lowest BCUT2D eigenvalue weighted by molar-refractivity contribution is -0.132. The molecule has 110 valence electrons. The molecule has 20 heavy (non-hydrogen) atoms. The van der Waals surface area contributed by atoms with Crippen LogP contribution >= 0.6 is 0 Å². The summed E-state index contributed by atoms with van der Waals surface area (Å²) in [7, 11) is 1.58. The molecule has 1 aromatic heterocycles. The minimum absolute atomic E-state index is 0.124. The average Bonchev–Trinajstić information content (AvgIpc) is 2.94. The van der Waals surface area contributed by atoms with Crippen molar-refractivity contribution in [1.82, 2.24) is 15.6 Å². The molecule has 2 rings (SSSR count). The van der Waals surface area contributed by atoms with Gasteiger partial charge in [0.2, 0.25) is 5.91 Å². The van der Waals surface area contributed by atoms with E-state index in [1.165, 1.54) is 6.26 Å². The van der Waals surface area contributed by atoms with Crippen LogP contribution < -0.4 is 16.6 Å². The third kappa shape index (κ3) is 2.98. The first-order valence-corrected chi connectivity index (χ1v) is 6.28. The van der Waals surface area contributed by atoms with Crippen molar-refractivity contribution in [2.24, 2.45) is 5.84 Å². The van der Waals surface area contributed by atoms with E-state index in [9.17, 15) is 9.59 Å². The van der Waals surface area contributed by atoms with Crippen molar-refractivity contribution in [3.05, 3.63) is 23.7 Å². The molecule has 2 heterocycles. The molecule has 0 spiro atoms. The van der Waals surface area contributed by atoms with Crippen molar-refractivity contribution in [2.75, 3.05) is 26.8 Å². The number of nitrogens with one attached hydrogen (secondary N) is 2. The van der Waals surface area contributed by atoms with Crippen LogP contribution in [-0.4, -0.2) is 49.6 Å². The number of furan rings is 1. The standard InChI is InChI=1S/C12H18N4O4/c1-14-12(18)9-7-19-5-3-16(9)6-10-8(2-4-20-10)11(17)15-13/h2,4,9H,3,5-7,13H2,1H3,(H,14,18)(H,15,17). The molecule has 0 aromatic carbocycles. The summed E-state index contributed by atoms with van der Waals surface area (Å²) in [6.45, 7) is 1.78. The van der Waals surface area contributed by atoms with Crippen LogP contribution in [0.4, 0.5) is 0 Å². The highest BCUT2D eigenvalue weighted by Gasteiger charge is 2.30. The summed E-state index contributed by atoms with van der Waals surface area (Å²) < 4.78 is 10.6. The molecular formula is C12H18N4O4. The predicted octanol–water partition coefficient (Wildman–Crippen LogP) is -1.17. The van der Waals surface area contributed by atoms with Crippen molar-refractivity contribution < 1.29 is 18.7 Å². The van der Waals surface area contributed by atoms with Crippen LogP contribution in [-0.2, 0) is 16.1 Å². The Morgan fingerprint density at radius 3 is 3.05 bits per heavy atom. The molecule has 1 unspecified atom stereocenters. The largest absolute Gasteiger partial charge is 0.467 e. The van der Waals surface area contributed by atoms with Gasteiger partial charge in [-0.05, 0) is 6.07 Å². The molecule has 1 fully saturated rings. The number of carbonyl (C=O) groups is 2. The third-order valence-corrected chi connectivity index (χ3v) is 3.26. The number of hydrogen-bond acceptors (Lipinski definition) is 6. The summed E-state index contributed by atoms with van der Waals surface area (Å²) in [6, 6.07) is 1.15. The van der Waals surface area contributed by atoms with Crippen molar-refractivity contribution in [1.29, 1.82) is 0 Å². The molecule has 1 aliphatic rings. The predicted molar refractivity (Wildman–Crippen MR) is 69.4 cm³/mol. The fourth-order valence-electron chi connectivity index (χ4n) is 2.16. The smallest absolute Gasteiger partial charge is 0.268 e. The number of ether oxygens (including phenoxy) is 1. The van der Waals surface area contributed by atoms with E-state index in [2.05, 4.69) is 10.7 Å². The van der Waals surface area contributed by atoms with E-state index in [0.717, 1.165) is 0 Å². The number of hydrogen-bond donors (Lipinski definition) is 3. The number of carbonyl (C=O) groups excluding carboxylic acids is 2. The van der Waals surface area contributed by atoms with Crippen molar-refractivity contribution in [3.63, 3.8) is 0 Å². The van der Waals surface area contributed by atoms with Crippen LogP contribution in [0.25, 0.3) is 0 Å². The second kappa shape index (κ2) is 6.51. The minimum Gasteiger partial charge on any atom is -0.467 e. The number of nitrogen functional groups attached to an aromatic ring is 1. The minimum atomic E-state index is -0.418. The van der Waals surface area contributed by atoms with E-state index in [4.69, 9.17) is 15.0 Å². The van der Waals surface area contributed by atoms with Gasteiger partial charge >= 0.3 is 0 Å². The lowest BCUT2D eigenvalue weighted by atomic mass is 10.1. The molecule has 1 atom stereocenters. The quantitative estimate of drug-likeness (QED) is 0.365. The van der Waals surface area contributed by atoms with Gasteiger partial charge in [0.05, 0.1) is 31.6 Å². The number of hydrazine groups is 1. The van der Waals surface area contributed by atoms with Gasteiger partial charge in [-0.3, -0.25) is 19.9 Å². The van der Waals surface area contributed by atoms with Gasteiger partial charge < -0.3 is 14.5 Å². The Kier molecular flexibility index (Phi) is 4.72. The first-order chi connectivity index (χ1) is 9.67. The number of amides is 2. The molecule has 1 aromatic rings. The summed E-state index contributed by atoms with van der Waals surface area (Å²) in [6.07, 6.45) is 1.43. The Balaban J connectivity index is 2.13. The van der Waals surface area contributed by atoms with Crippen LogP contribution in [0.5, 0.6) is 0 Å². The van der Waals surface area contributed by atoms with Gasteiger partial charge in [-0.15, -0.1) is 0 Å². The fraction of sp³-hybridized carbons (Fsp3) is 0.500. The van der Waals surface area contributed by atoms with E-state index < -0.39 is 11.9 Å². The molecular weight excluding hydrogens is 264 g/mol. The Labute approximate surface area is 116 Å². The lowest BCUT2D eigenvalue weighted by Gasteiger charge is -2.33. The number of rotatable bonds is 4. The lowest BCUT2D eigenvalue weighted by Crippen LogP contribution is -2.52. The molecule has 1 saturated heterocycles.